The van der Waals surface area contributed by atoms with Crippen molar-refractivity contribution in [1.82, 2.24) is 14.8 Å². The van der Waals surface area contributed by atoms with Crippen molar-refractivity contribution in [2.75, 3.05) is 26.2 Å². The molecule has 6 heteroatoms. The van der Waals surface area contributed by atoms with Gasteiger partial charge in [0.25, 0.3) is 5.91 Å². The number of thiazole rings is 1. The molecule has 1 aromatic carbocycles. The van der Waals surface area contributed by atoms with Gasteiger partial charge in [-0.15, -0.1) is 22.7 Å². The molecule has 0 N–H and O–H groups in total. The highest BCUT2D eigenvalue weighted by atomic mass is 32.1. The standard InChI is InChI=1S/C20H21N3OS2/c1-15-21-17(14-26-15)13-22-8-10-23(11-9-22)20(24)19-18(7-12-25-19)16-5-3-2-4-6-16/h2-7,12,14H,8-11,13H2,1H3. The minimum Gasteiger partial charge on any atom is -0.335 e. The van der Waals surface area contributed by atoms with Gasteiger partial charge in [0.15, 0.2) is 0 Å². The van der Waals surface area contributed by atoms with E-state index in [9.17, 15) is 4.79 Å². The summed E-state index contributed by atoms with van der Waals surface area (Å²) in [5.74, 6) is 0.156. The van der Waals surface area contributed by atoms with Gasteiger partial charge < -0.3 is 4.90 Å². The summed E-state index contributed by atoms with van der Waals surface area (Å²) in [6.45, 7) is 6.25. The van der Waals surface area contributed by atoms with E-state index in [1.54, 1.807) is 11.3 Å². The van der Waals surface area contributed by atoms with Gasteiger partial charge in [0.05, 0.1) is 15.6 Å². The zero-order chi connectivity index (χ0) is 17.9. The smallest absolute Gasteiger partial charge is 0.264 e. The molecule has 2 aromatic heterocycles. The van der Waals surface area contributed by atoms with Crippen molar-refractivity contribution >= 4 is 28.6 Å². The maximum atomic E-state index is 13.0. The van der Waals surface area contributed by atoms with Gasteiger partial charge in [-0.3, -0.25) is 9.69 Å². The summed E-state index contributed by atoms with van der Waals surface area (Å²) in [5.41, 5.74) is 3.28. The lowest BCUT2D eigenvalue weighted by Gasteiger charge is -2.34. The lowest BCUT2D eigenvalue weighted by atomic mass is 10.1. The van der Waals surface area contributed by atoms with E-state index in [0.29, 0.717) is 0 Å². The van der Waals surface area contributed by atoms with Crippen LogP contribution in [0.3, 0.4) is 0 Å². The van der Waals surface area contributed by atoms with Gasteiger partial charge in [0.1, 0.15) is 0 Å². The minimum atomic E-state index is 0.156. The molecule has 4 nitrogen and oxygen atoms in total. The van der Waals surface area contributed by atoms with Crippen molar-refractivity contribution < 1.29 is 4.79 Å². The molecule has 3 aromatic rings. The predicted octanol–water partition coefficient (Wildman–Crippen LogP) is 4.14. The average Bonchev–Trinajstić information content (AvgIpc) is 3.32. The monoisotopic (exact) mass is 383 g/mol. The van der Waals surface area contributed by atoms with Crippen molar-refractivity contribution in [3.05, 3.63) is 62.7 Å². The first kappa shape index (κ1) is 17.4. The number of thiophene rings is 1. The van der Waals surface area contributed by atoms with Crippen LogP contribution < -0.4 is 0 Å². The number of carbonyl (C=O) groups excluding carboxylic acids is 1. The zero-order valence-electron chi connectivity index (χ0n) is 14.7. The van der Waals surface area contributed by atoms with E-state index in [1.807, 2.05) is 41.5 Å². The zero-order valence-corrected chi connectivity index (χ0v) is 16.4. The second-order valence-electron chi connectivity index (χ2n) is 6.46. The lowest BCUT2D eigenvalue weighted by Crippen LogP contribution is -2.48. The highest BCUT2D eigenvalue weighted by molar-refractivity contribution is 7.12. The first-order chi connectivity index (χ1) is 12.7. The van der Waals surface area contributed by atoms with E-state index < -0.39 is 0 Å². The summed E-state index contributed by atoms with van der Waals surface area (Å²) in [6.07, 6.45) is 0. The SMILES string of the molecule is Cc1nc(CN2CCN(C(=O)c3sccc3-c3ccccc3)CC2)cs1. The number of carbonyl (C=O) groups is 1. The summed E-state index contributed by atoms with van der Waals surface area (Å²) in [7, 11) is 0. The number of benzene rings is 1. The molecular weight excluding hydrogens is 362 g/mol. The van der Waals surface area contributed by atoms with Crippen LogP contribution in [0.2, 0.25) is 0 Å². The van der Waals surface area contributed by atoms with Gasteiger partial charge in [-0.05, 0) is 23.9 Å². The number of hydrogen-bond donors (Lipinski definition) is 0. The van der Waals surface area contributed by atoms with Crippen LogP contribution in [0.4, 0.5) is 0 Å². The molecule has 0 saturated carbocycles. The number of piperazine rings is 1. The first-order valence-electron chi connectivity index (χ1n) is 8.76. The Hall–Kier alpha value is -2.02. The number of aryl methyl sites for hydroxylation is 1. The molecule has 0 atom stereocenters. The number of hydrogen-bond acceptors (Lipinski definition) is 5. The molecule has 0 unspecified atom stereocenters. The Morgan fingerprint density at radius 1 is 1.08 bits per heavy atom. The summed E-state index contributed by atoms with van der Waals surface area (Å²) < 4.78 is 0. The van der Waals surface area contributed by atoms with Crippen LogP contribution in [0.15, 0.2) is 47.2 Å². The summed E-state index contributed by atoms with van der Waals surface area (Å²) in [5, 5.41) is 5.25. The topological polar surface area (TPSA) is 36.4 Å². The maximum absolute atomic E-state index is 13.0. The minimum absolute atomic E-state index is 0.156. The fourth-order valence-corrected chi connectivity index (χ4v) is 4.77. The number of aromatic nitrogens is 1. The molecule has 0 spiro atoms. The van der Waals surface area contributed by atoms with Crippen molar-refractivity contribution in [3.8, 4) is 11.1 Å². The van der Waals surface area contributed by atoms with Gasteiger partial charge in [0.2, 0.25) is 0 Å². The van der Waals surface area contributed by atoms with Gasteiger partial charge in [-0.2, -0.15) is 0 Å². The number of amides is 1. The Kier molecular flexibility index (Phi) is 5.15. The third-order valence-corrected chi connectivity index (χ3v) is 6.38. The van der Waals surface area contributed by atoms with Crippen LogP contribution in [-0.4, -0.2) is 46.9 Å². The second-order valence-corrected chi connectivity index (χ2v) is 8.43. The molecular formula is C20H21N3OS2. The highest BCUT2D eigenvalue weighted by Crippen LogP contribution is 2.29. The van der Waals surface area contributed by atoms with E-state index in [0.717, 1.165) is 59.4 Å². The molecule has 0 radical (unpaired) electrons. The first-order valence-corrected chi connectivity index (χ1v) is 10.5. The van der Waals surface area contributed by atoms with Crippen LogP contribution >= 0.6 is 22.7 Å². The van der Waals surface area contributed by atoms with Gasteiger partial charge in [-0.1, -0.05) is 30.3 Å². The molecule has 26 heavy (non-hydrogen) atoms. The van der Waals surface area contributed by atoms with Gasteiger partial charge in [-0.25, -0.2) is 4.98 Å². The second kappa shape index (κ2) is 7.70. The van der Waals surface area contributed by atoms with E-state index in [4.69, 9.17) is 0 Å². The van der Waals surface area contributed by atoms with Crippen molar-refractivity contribution in [3.63, 3.8) is 0 Å². The molecule has 1 fully saturated rings. The fourth-order valence-electron chi connectivity index (χ4n) is 3.28. The van der Waals surface area contributed by atoms with E-state index >= 15 is 0 Å². The van der Waals surface area contributed by atoms with Gasteiger partial charge in [0, 0.05) is 43.7 Å². The molecule has 3 heterocycles. The summed E-state index contributed by atoms with van der Waals surface area (Å²) in [4.78, 5) is 22.8. The maximum Gasteiger partial charge on any atom is 0.264 e. The molecule has 0 aliphatic carbocycles. The van der Waals surface area contributed by atoms with Crippen molar-refractivity contribution in [1.29, 1.82) is 0 Å². The largest absolute Gasteiger partial charge is 0.335 e. The molecule has 1 saturated heterocycles. The Labute approximate surface area is 161 Å². The van der Waals surface area contributed by atoms with Crippen LogP contribution in [0.1, 0.15) is 20.4 Å². The number of nitrogens with zero attached hydrogens (tertiary/aromatic N) is 3. The third-order valence-electron chi connectivity index (χ3n) is 4.66. The summed E-state index contributed by atoms with van der Waals surface area (Å²) in [6, 6.07) is 12.2. The molecule has 1 aliphatic rings. The Balaban J connectivity index is 1.41. The third kappa shape index (κ3) is 3.72. The van der Waals surface area contributed by atoms with Crippen molar-refractivity contribution in [2.45, 2.75) is 13.5 Å². The molecule has 134 valence electrons. The Morgan fingerprint density at radius 3 is 2.54 bits per heavy atom. The van der Waals surface area contributed by atoms with E-state index in [-0.39, 0.29) is 5.91 Å². The highest BCUT2D eigenvalue weighted by Gasteiger charge is 2.25. The quantitative estimate of drug-likeness (QED) is 0.679. The normalized spacial score (nSPS) is 15.3. The lowest BCUT2D eigenvalue weighted by molar-refractivity contribution is 0.0632. The Bertz CT molecular complexity index is 879. The molecule has 1 aliphatic heterocycles. The van der Waals surface area contributed by atoms with E-state index in [2.05, 4.69) is 27.4 Å². The van der Waals surface area contributed by atoms with Crippen LogP contribution in [0, 0.1) is 6.92 Å². The summed E-state index contributed by atoms with van der Waals surface area (Å²) >= 11 is 3.23. The van der Waals surface area contributed by atoms with Crippen molar-refractivity contribution in [2.24, 2.45) is 0 Å². The number of rotatable bonds is 4. The van der Waals surface area contributed by atoms with Gasteiger partial charge >= 0.3 is 0 Å². The fraction of sp³-hybridized carbons (Fsp3) is 0.300. The van der Waals surface area contributed by atoms with E-state index in [1.165, 1.54) is 11.3 Å². The molecule has 1 amide bonds. The van der Waals surface area contributed by atoms with Crippen LogP contribution in [0.25, 0.3) is 11.1 Å². The predicted molar refractivity (Wildman–Crippen MR) is 108 cm³/mol. The Morgan fingerprint density at radius 2 is 1.85 bits per heavy atom. The molecule has 0 bridgehead atoms. The average molecular weight is 384 g/mol. The van der Waals surface area contributed by atoms with Crippen LogP contribution in [0.5, 0.6) is 0 Å². The molecule has 4 rings (SSSR count). The van der Waals surface area contributed by atoms with Crippen LogP contribution in [-0.2, 0) is 6.54 Å².